The largest absolute Gasteiger partial charge is 0.353 e. The van der Waals surface area contributed by atoms with Gasteiger partial charge in [0.2, 0.25) is 15.9 Å². The second-order valence-electron chi connectivity index (χ2n) is 4.81. The van der Waals surface area contributed by atoms with E-state index in [2.05, 4.69) is 26.0 Å². The van der Waals surface area contributed by atoms with Crippen LogP contribution in [0.4, 0.5) is 0 Å². The lowest BCUT2D eigenvalue weighted by molar-refractivity contribution is -0.121. The predicted octanol–water partition coefficient (Wildman–Crippen LogP) is 2.16. The zero-order valence-electron chi connectivity index (χ0n) is 11.1. The van der Waals surface area contributed by atoms with E-state index in [9.17, 15) is 13.2 Å². The number of aryl methyl sites for hydroxylation is 1. The number of carbonyl (C=O) groups excluding carboxylic acids is 1. The van der Waals surface area contributed by atoms with E-state index in [0.29, 0.717) is 23.8 Å². The molecule has 1 fully saturated rings. The molecule has 5 nitrogen and oxygen atoms in total. The van der Waals surface area contributed by atoms with Crippen molar-refractivity contribution in [3.05, 3.63) is 14.7 Å². The summed E-state index contributed by atoms with van der Waals surface area (Å²) in [5.41, 5.74) is 0. The van der Waals surface area contributed by atoms with E-state index in [4.69, 9.17) is 0 Å². The minimum Gasteiger partial charge on any atom is -0.353 e. The zero-order chi connectivity index (χ0) is 14.8. The fraction of sp³-hybridized carbons (Fsp3) is 0.583. The van der Waals surface area contributed by atoms with Crippen molar-refractivity contribution in [3.8, 4) is 0 Å². The number of carbonyl (C=O) groups is 1. The highest BCUT2D eigenvalue weighted by atomic mass is 79.9. The SMILES string of the molecule is Cc1sc(Br)cc1S(=O)(=O)NCCCC(=O)NC1CC1. The summed E-state index contributed by atoms with van der Waals surface area (Å²) >= 11 is 4.67. The van der Waals surface area contributed by atoms with E-state index in [-0.39, 0.29) is 12.5 Å². The van der Waals surface area contributed by atoms with Gasteiger partial charge in [0, 0.05) is 23.9 Å². The quantitative estimate of drug-likeness (QED) is 0.711. The summed E-state index contributed by atoms with van der Waals surface area (Å²) < 4.78 is 27.5. The molecule has 0 atom stereocenters. The van der Waals surface area contributed by atoms with Gasteiger partial charge >= 0.3 is 0 Å². The molecule has 8 heteroatoms. The van der Waals surface area contributed by atoms with Gasteiger partial charge in [-0.15, -0.1) is 11.3 Å². The zero-order valence-corrected chi connectivity index (χ0v) is 14.3. The maximum Gasteiger partial charge on any atom is 0.241 e. The van der Waals surface area contributed by atoms with Gasteiger partial charge in [0.1, 0.15) is 0 Å². The van der Waals surface area contributed by atoms with Crippen LogP contribution in [0.2, 0.25) is 0 Å². The van der Waals surface area contributed by atoms with Crippen molar-refractivity contribution in [2.75, 3.05) is 6.54 Å². The van der Waals surface area contributed by atoms with Crippen LogP contribution in [-0.4, -0.2) is 26.9 Å². The monoisotopic (exact) mass is 380 g/mol. The Labute approximate surface area is 131 Å². The van der Waals surface area contributed by atoms with Gasteiger partial charge in [-0.25, -0.2) is 13.1 Å². The first kappa shape index (κ1) is 15.9. The van der Waals surface area contributed by atoms with E-state index in [1.807, 2.05) is 0 Å². The van der Waals surface area contributed by atoms with Gasteiger partial charge in [0.15, 0.2) is 0 Å². The van der Waals surface area contributed by atoms with Crippen molar-refractivity contribution in [2.24, 2.45) is 0 Å². The molecule has 0 bridgehead atoms. The Bertz CT molecular complexity index is 594. The normalized spacial score (nSPS) is 15.3. The van der Waals surface area contributed by atoms with Gasteiger partial charge in [-0.2, -0.15) is 0 Å². The molecule has 1 aliphatic rings. The van der Waals surface area contributed by atoms with Crippen LogP contribution < -0.4 is 10.0 Å². The minimum absolute atomic E-state index is 0.00107. The number of hydrogen-bond acceptors (Lipinski definition) is 4. The first-order valence-corrected chi connectivity index (χ1v) is 9.53. The Morgan fingerprint density at radius 1 is 1.50 bits per heavy atom. The summed E-state index contributed by atoms with van der Waals surface area (Å²) in [5.74, 6) is 0.00107. The van der Waals surface area contributed by atoms with Crippen LogP contribution in [0.5, 0.6) is 0 Å². The van der Waals surface area contributed by atoms with Crippen LogP contribution in [0.3, 0.4) is 0 Å². The van der Waals surface area contributed by atoms with E-state index in [1.165, 1.54) is 11.3 Å². The predicted molar refractivity (Wildman–Crippen MR) is 82.3 cm³/mol. The summed E-state index contributed by atoms with van der Waals surface area (Å²) in [5, 5.41) is 2.87. The molecule has 2 rings (SSSR count). The van der Waals surface area contributed by atoms with Gasteiger partial charge in [-0.1, -0.05) is 0 Å². The fourth-order valence-corrected chi connectivity index (χ4v) is 5.24. The van der Waals surface area contributed by atoms with E-state index < -0.39 is 10.0 Å². The van der Waals surface area contributed by atoms with Crippen molar-refractivity contribution in [1.82, 2.24) is 10.0 Å². The molecule has 0 aliphatic heterocycles. The van der Waals surface area contributed by atoms with E-state index in [0.717, 1.165) is 21.5 Å². The maximum absolute atomic E-state index is 12.1. The molecule has 1 aromatic rings. The number of hydrogen-bond donors (Lipinski definition) is 2. The highest BCUT2D eigenvalue weighted by molar-refractivity contribution is 9.11. The molecule has 1 saturated carbocycles. The van der Waals surface area contributed by atoms with E-state index in [1.54, 1.807) is 13.0 Å². The lowest BCUT2D eigenvalue weighted by Crippen LogP contribution is -2.28. The van der Waals surface area contributed by atoms with Gasteiger partial charge in [0.25, 0.3) is 0 Å². The standard InChI is InChI=1S/C12H17BrN2O3S2/c1-8-10(7-11(13)19-8)20(17,18)14-6-2-3-12(16)15-9-4-5-9/h7,9,14H,2-6H2,1H3,(H,15,16). The highest BCUT2D eigenvalue weighted by Crippen LogP contribution is 2.29. The number of thiophene rings is 1. The number of halogens is 1. The van der Waals surface area contributed by atoms with Gasteiger partial charge in [0.05, 0.1) is 8.68 Å². The smallest absolute Gasteiger partial charge is 0.241 e. The van der Waals surface area contributed by atoms with Crippen molar-refractivity contribution in [3.63, 3.8) is 0 Å². The molecule has 0 saturated heterocycles. The molecule has 1 aliphatic carbocycles. The van der Waals surface area contributed by atoms with E-state index >= 15 is 0 Å². The van der Waals surface area contributed by atoms with Crippen LogP contribution >= 0.6 is 27.3 Å². The van der Waals surface area contributed by atoms with Crippen LogP contribution in [0.15, 0.2) is 14.7 Å². The number of rotatable bonds is 7. The highest BCUT2D eigenvalue weighted by Gasteiger charge is 2.23. The average Bonchev–Trinajstić information content (AvgIpc) is 3.08. The summed E-state index contributed by atoms with van der Waals surface area (Å²) in [6.07, 6.45) is 2.98. The molecule has 0 unspecified atom stereocenters. The Morgan fingerprint density at radius 2 is 2.20 bits per heavy atom. The molecular weight excluding hydrogens is 364 g/mol. The van der Waals surface area contributed by atoms with Crippen molar-refractivity contribution in [1.29, 1.82) is 0 Å². The average molecular weight is 381 g/mol. The first-order chi connectivity index (χ1) is 9.38. The number of sulfonamides is 1. The fourth-order valence-electron chi connectivity index (χ4n) is 1.76. The lowest BCUT2D eigenvalue weighted by atomic mass is 10.3. The van der Waals surface area contributed by atoms with Crippen LogP contribution in [0.1, 0.15) is 30.6 Å². The van der Waals surface area contributed by atoms with Gasteiger partial charge < -0.3 is 5.32 Å². The third kappa shape index (κ3) is 4.54. The Morgan fingerprint density at radius 3 is 2.75 bits per heavy atom. The second kappa shape index (κ2) is 6.55. The minimum atomic E-state index is -3.48. The van der Waals surface area contributed by atoms with Crippen molar-refractivity contribution in [2.45, 2.75) is 43.5 Å². The van der Waals surface area contributed by atoms with Gasteiger partial charge in [-0.05, 0) is 48.2 Å². The number of nitrogens with one attached hydrogen (secondary N) is 2. The third-order valence-electron chi connectivity index (χ3n) is 2.95. The first-order valence-electron chi connectivity index (χ1n) is 6.43. The molecule has 112 valence electrons. The van der Waals surface area contributed by atoms with Crippen molar-refractivity contribution < 1.29 is 13.2 Å². The molecule has 20 heavy (non-hydrogen) atoms. The summed E-state index contributed by atoms with van der Waals surface area (Å²) in [4.78, 5) is 12.5. The molecule has 0 spiro atoms. The van der Waals surface area contributed by atoms with Crippen LogP contribution in [0, 0.1) is 6.92 Å². The topological polar surface area (TPSA) is 75.3 Å². The summed E-state index contributed by atoms with van der Waals surface area (Å²) in [6, 6.07) is 1.95. The Kier molecular flexibility index (Phi) is 5.22. The summed E-state index contributed by atoms with van der Waals surface area (Å²) in [6.45, 7) is 2.04. The maximum atomic E-state index is 12.1. The molecule has 0 radical (unpaired) electrons. The molecular formula is C12H17BrN2O3S2. The Balaban J connectivity index is 1.77. The van der Waals surface area contributed by atoms with Crippen LogP contribution in [-0.2, 0) is 14.8 Å². The number of amides is 1. The lowest BCUT2D eigenvalue weighted by Gasteiger charge is -2.06. The second-order valence-corrected chi connectivity index (χ2v) is 9.18. The molecule has 2 N–H and O–H groups in total. The van der Waals surface area contributed by atoms with Crippen LogP contribution in [0.25, 0.3) is 0 Å². The molecule has 0 aromatic carbocycles. The van der Waals surface area contributed by atoms with Crippen molar-refractivity contribution >= 4 is 43.2 Å². The molecule has 1 aromatic heterocycles. The molecule has 1 amide bonds. The summed E-state index contributed by atoms with van der Waals surface area (Å²) in [7, 11) is -3.48. The van der Waals surface area contributed by atoms with Gasteiger partial charge in [-0.3, -0.25) is 4.79 Å². The molecule has 1 heterocycles. The third-order valence-corrected chi connectivity index (χ3v) is 6.22. The Hall–Kier alpha value is -0.440.